The summed E-state index contributed by atoms with van der Waals surface area (Å²) >= 11 is 0. The Balaban J connectivity index is 0.958. The summed E-state index contributed by atoms with van der Waals surface area (Å²) in [4.78, 5) is 4.76. The van der Waals surface area contributed by atoms with Gasteiger partial charge in [-0.1, -0.05) is 172 Å². The van der Waals surface area contributed by atoms with Gasteiger partial charge >= 0.3 is 0 Å². The molecule has 272 valence electrons. The van der Waals surface area contributed by atoms with Gasteiger partial charge in [0.15, 0.2) is 0 Å². The van der Waals surface area contributed by atoms with Crippen molar-refractivity contribution in [1.82, 2.24) is 0 Å². The molecule has 0 saturated heterocycles. The predicted octanol–water partition coefficient (Wildman–Crippen LogP) is 15.4. The molecule has 0 unspecified atom stereocenters. The van der Waals surface area contributed by atoms with Crippen LogP contribution in [0.25, 0.3) is 44.8 Å². The summed E-state index contributed by atoms with van der Waals surface area (Å²) in [6.45, 7) is 4.68. The van der Waals surface area contributed by atoms with Gasteiger partial charge in [0.25, 0.3) is 0 Å². The van der Waals surface area contributed by atoms with Gasteiger partial charge in [-0.3, -0.25) is 0 Å². The third kappa shape index (κ3) is 6.16. The SMILES string of the molecule is CC1(C)c2ccccc2-c2ccc(N(c3ccccc3)c3ccc(/C=C/c4ccc(N(c5cccc6ccccc56)c5cccc6ccccc56)cc4)cc3)cc21. The van der Waals surface area contributed by atoms with Crippen molar-refractivity contribution in [3.63, 3.8) is 0 Å². The van der Waals surface area contributed by atoms with E-state index in [1.807, 2.05) is 0 Å². The van der Waals surface area contributed by atoms with Crippen molar-refractivity contribution in [2.75, 3.05) is 9.80 Å². The van der Waals surface area contributed by atoms with Crippen molar-refractivity contribution in [2.45, 2.75) is 19.3 Å². The Hall–Kier alpha value is -7.16. The van der Waals surface area contributed by atoms with Gasteiger partial charge in [0, 0.05) is 38.9 Å². The summed E-state index contributed by atoms with van der Waals surface area (Å²) in [5.41, 5.74) is 14.5. The van der Waals surface area contributed by atoms with Crippen LogP contribution in [0.2, 0.25) is 0 Å². The fraction of sp³-hybridized carbons (Fsp3) is 0.0545. The standard InChI is InChI=1S/C55H42N2/c1-55(2)51-23-11-10-22-49(51)50-37-36-46(38-52(50)55)56(43-18-4-3-5-19-43)44-32-28-39(29-33-44)26-27-40-30-34-45(35-31-40)57(53-24-12-16-41-14-6-8-20-47(41)53)54-25-13-17-42-15-7-9-21-48(42)54/h3-38H,1-2H3/b27-26+. The second-order valence-electron chi connectivity index (χ2n) is 15.4. The molecule has 0 saturated carbocycles. The Morgan fingerprint density at radius 1 is 0.351 bits per heavy atom. The van der Waals surface area contributed by atoms with Crippen LogP contribution >= 0.6 is 0 Å². The van der Waals surface area contributed by atoms with Gasteiger partial charge in [0.1, 0.15) is 0 Å². The van der Waals surface area contributed by atoms with Crippen molar-refractivity contribution in [3.05, 3.63) is 229 Å². The van der Waals surface area contributed by atoms with E-state index in [9.17, 15) is 0 Å². The van der Waals surface area contributed by atoms with Gasteiger partial charge in [-0.25, -0.2) is 0 Å². The lowest BCUT2D eigenvalue weighted by Gasteiger charge is -2.28. The molecule has 0 fully saturated rings. The number of para-hydroxylation sites is 1. The van der Waals surface area contributed by atoms with E-state index in [1.54, 1.807) is 0 Å². The van der Waals surface area contributed by atoms with Crippen LogP contribution in [0, 0.1) is 0 Å². The van der Waals surface area contributed by atoms with Gasteiger partial charge in [-0.05, 0) is 105 Å². The molecule has 9 aromatic rings. The number of rotatable bonds is 8. The molecule has 0 aliphatic heterocycles. The lowest BCUT2D eigenvalue weighted by atomic mass is 9.82. The highest BCUT2D eigenvalue weighted by atomic mass is 15.1. The van der Waals surface area contributed by atoms with E-state index in [1.165, 1.54) is 43.8 Å². The third-order valence-corrected chi connectivity index (χ3v) is 11.6. The minimum Gasteiger partial charge on any atom is -0.310 e. The maximum Gasteiger partial charge on any atom is 0.0540 e. The van der Waals surface area contributed by atoms with Crippen molar-refractivity contribution in [1.29, 1.82) is 0 Å². The van der Waals surface area contributed by atoms with Crippen LogP contribution in [0.1, 0.15) is 36.1 Å². The second-order valence-corrected chi connectivity index (χ2v) is 15.4. The highest BCUT2D eigenvalue weighted by molar-refractivity contribution is 6.04. The van der Waals surface area contributed by atoms with Crippen molar-refractivity contribution >= 4 is 67.8 Å². The number of benzene rings is 9. The van der Waals surface area contributed by atoms with E-state index < -0.39 is 0 Å². The summed E-state index contributed by atoms with van der Waals surface area (Å²) in [6, 6.07) is 74.7. The first-order chi connectivity index (χ1) is 28.0. The smallest absolute Gasteiger partial charge is 0.0540 e. The molecule has 57 heavy (non-hydrogen) atoms. The fourth-order valence-corrected chi connectivity index (χ4v) is 8.73. The van der Waals surface area contributed by atoms with Gasteiger partial charge in [0.2, 0.25) is 0 Å². The first-order valence-electron chi connectivity index (χ1n) is 19.8. The number of nitrogens with zero attached hydrogens (tertiary/aromatic N) is 2. The molecule has 2 nitrogen and oxygen atoms in total. The molecule has 1 aliphatic rings. The van der Waals surface area contributed by atoms with Crippen LogP contribution in [0.15, 0.2) is 206 Å². The Morgan fingerprint density at radius 3 is 1.42 bits per heavy atom. The van der Waals surface area contributed by atoms with Gasteiger partial charge in [-0.15, -0.1) is 0 Å². The molecular formula is C55H42N2. The highest BCUT2D eigenvalue weighted by Gasteiger charge is 2.35. The number of hydrogen-bond donors (Lipinski definition) is 0. The van der Waals surface area contributed by atoms with E-state index in [0.29, 0.717) is 0 Å². The molecule has 0 radical (unpaired) electrons. The number of fused-ring (bicyclic) bond motifs is 5. The molecule has 0 amide bonds. The summed E-state index contributed by atoms with van der Waals surface area (Å²) in [5.74, 6) is 0. The van der Waals surface area contributed by atoms with Crippen LogP contribution < -0.4 is 9.80 Å². The second kappa shape index (κ2) is 14.2. The molecule has 9 aromatic carbocycles. The summed E-state index contributed by atoms with van der Waals surface area (Å²) in [5, 5.41) is 4.88. The van der Waals surface area contributed by atoms with Crippen molar-refractivity contribution in [3.8, 4) is 11.1 Å². The third-order valence-electron chi connectivity index (χ3n) is 11.6. The molecule has 0 heterocycles. The summed E-state index contributed by atoms with van der Waals surface area (Å²) in [7, 11) is 0. The summed E-state index contributed by atoms with van der Waals surface area (Å²) < 4.78 is 0. The molecule has 2 heteroatoms. The molecule has 0 aromatic heterocycles. The largest absolute Gasteiger partial charge is 0.310 e. The van der Waals surface area contributed by atoms with E-state index in [2.05, 4.69) is 242 Å². The normalized spacial score (nSPS) is 12.8. The number of anilines is 6. The van der Waals surface area contributed by atoms with Crippen LogP contribution in [0.5, 0.6) is 0 Å². The Labute approximate surface area is 335 Å². The Kier molecular flexibility index (Phi) is 8.53. The molecular weight excluding hydrogens is 689 g/mol. The van der Waals surface area contributed by atoms with Gasteiger partial charge in [0.05, 0.1) is 11.4 Å². The number of hydrogen-bond acceptors (Lipinski definition) is 2. The predicted molar refractivity (Wildman–Crippen MR) is 244 cm³/mol. The van der Waals surface area contributed by atoms with Crippen LogP contribution in [0.4, 0.5) is 34.1 Å². The molecule has 1 aliphatic carbocycles. The zero-order chi connectivity index (χ0) is 38.3. The average Bonchev–Trinajstić information content (AvgIpc) is 3.50. The van der Waals surface area contributed by atoms with Crippen LogP contribution in [-0.2, 0) is 5.41 Å². The Morgan fingerprint density at radius 2 is 0.807 bits per heavy atom. The van der Waals surface area contributed by atoms with Crippen LogP contribution in [-0.4, -0.2) is 0 Å². The van der Waals surface area contributed by atoms with E-state index >= 15 is 0 Å². The zero-order valence-electron chi connectivity index (χ0n) is 32.2. The first kappa shape index (κ1) is 34.3. The minimum atomic E-state index is -0.0682. The van der Waals surface area contributed by atoms with Crippen molar-refractivity contribution in [2.24, 2.45) is 0 Å². The molecule has 0 atom stereocenters. The summed E-state index contributed by atoms with van der Waals surface area (Å²) in [6.07, 6.45) is 4.40. The maximum absolute atomic E-state index is 2.40. The van der Waals surface area contributed by atoms with Gasteiger partial charge in [-0.2, -0.15) is 0 Å². The average molecular weight is 731 g/mol. The fourth-order valence-electron chi connectivity index (χ4n) is 8.73. The lowest BCUT2D eigenvalue weighted by Crippen LogP contribution is -2.16. The molecule has 10 rings (SSSR count). The zero-order valence-corrected chi connectivity index (χ0v) is 32.2. The molecule has 0 N–H and O–H groups in total. The first-order valence-corrected chi connectivity index (χ1v) is 19.8. The maximum atomic E-state index is 2.40. The van der Waals surface area contributed by atoms with Crippen LogP contribution in [0.3, 0.4) is 0 Å². The minimum absolute atomic E-state index is 0.0682. The van der Waals surface area contributed by atoms with Gasteiger partial charge < -0.3 is 9.80 Å². The molecule has 0 bridgehead atoms. The van der Waals surface area contributed by atoms with E-state index in [-0.39, 0.29) is 5.41 Å². The highest BCUT2D eigenvalue weighted by Crippen LogP contribution is 2.50. The van der Waals surface area contributed by atoms with E-state index in [4.69, 9.17) is 0 Å². The van der Waals surface area contributed by atoms with E-state index in [0.717, 1.165) is 45.3 Å². The van der Waals surface area contributed by atoms with Crippen molar-refractivity contribution < 1.29 is 0 Å². The Bertz CT molecular complexity index is 2830. The quantitative estimate of drug-likeness (QED) is 0.144. The lowest BCUT2D eigenvalue weighted by molar-refractivity contribution is 0.660. The molecule has 0 spiro atoms. The monoisotopic (exact) mass is 730 g/mol. The topological polar surface area (TPSA) is 6.48 Å².